The molecule has 104 valence electrons. The lowest BCUT2D eigenvalue weighted by Crippen LogP contribution is -2.06. The van der Waals surface area contributed by atoms with Gasteiger partial charge in [-0.15, -0.1) is 0 Å². The van der Waals surface area contributed by atoms with Crippen LogP contribution in [0.25, 0.3) is 0 Å². The fraction of sp³-hybridized carbons (Fsp3) is 0.188. The number of ketones is 1. The van der Waals surface area contributed by atoms with Gasteiger partial charge >= 0.3 is 0 Å². The average molecular weight is 276 g/mol. The molecule has 20 heavy (non-hydrogen) atoms. The molecule has 0 amide bonds. The molecule has 0 N–H and O–H groups in total. The van der Waals surface area contributed by atoms with Gasteiger partial charge in [0.15, 0.2) is 17.4 Å². The number of Topliss-reactive ketones (excluding diaryl/α,β-unsaturated/α-hetero) is 1. The third kappa shape index (κ3) is 3.20. The van der Waals surface area contributed by atoms with Gasteiger partial charge in [0.1, 0.15) is 5.75 Å². The molecule has 4 heteroatoms. The maximum atomic E-state index is 13.5. The first-order chi connectivity index (χ1) is 9.61. The standard InChI is InChI=1S/C16H14F2O2/c1-2-20-13-7-3-5-11(9-13)15(19)10-12-6-4-8-14(17)16(12)18/h3-9H,2,10H2,1H3. The smallest absolute Gasteiger partial charge is 0.167 e. The van der Waals surface area contributed by atoms with Crippen LogP contribution < -0.4 is 4.74 Å². The maximum absolute atomic E-state index is 13.5. The second-order valence-corrected chi connectivity index (χ2v) is 4.27. The zero-order valence-electron chi connectivity index (χ0n) is 11.0. The summed E-state index contributed by atoms with van der Waals surface area (Å²) in [5.74, 6) is -1.62. The predicted octanol–water partition coefficient (Wildman–Crippen LogP) is 3.79. The molecule has 0 radical (unpaired) electrons. The van der Waals surface area contributed by atoms with E-state index in [1.165, 1.54) is 12.1 Å². The molecule has 0 atom stereocenters. The molecule has 0 aliphatic carbocycles. The molecule has 0 unspecified atom stereocenters. The molecule has 0 saturated carbocycles. The van der Waals surface area contributed by atoms with Gasteiger partial charge in [-0.25, -0.2) is 8.78 Å². The summed E-state index contributed by atoms with van der Waals surface area (Å²) >= 11 is 0. The van der Waals surface area contributed by atoms with Gasteiger partial charge in [-0.3, -0.25) is 4.79 Å². The largest absolute Gasteiger partial charge is 0.494 e. The third-order valence-corrected chi connectivity index (χ3v) is 2.85. The average Bonchev–Trinajstić information content (AvgIpc) is 2.44. The number of rotatable bonds is 5. The van der Waals surface area contributed by atoms with Crippen LogP contribution in [-0.4, -0.2) is 12.4 Å². The Labute approximate surface area is 116 Å². The van der Waals surface area contributed by atoms with Crippen molar-refractivity contribution in [3.63, 3.8) is 0 Å². The second-order valence-electron chi connectivity index (χ2n) is 4.27. The zero-order chi connectivity index (χ0) is 14.5. The Morgan fingerprint density at radius 3 is 2.65 bits per heavy atom. The molecular formula is C16H14F2O2. The number of carbonyl (C=O) groups is 1. The fourth-order valence-corrected chi connectivity index (χ4v) is 1.89. The van der Waals surface area contributed by atoms with Gasteiger partial charge in [0.25, 0.3) is 0 Å². The first-order valence-electron chi connectivity index (χ1n) is 6.30. The van der Waals surface area contributed by atoms with E-state index in [-0.39, 0.29) is 17.8 Å². The van der Waals surface area contributed by atoms with Crippen molar-refractivity contribution in [3.05, 3.63) is 65.2 Å². The van der Waals surface area contributed by atoms with Gasteiger partial charge in [-0.1, -0.05) is 24.3 Å². The van der Waals surface area contributed by atoms with Gasteiger partial charge in [-0.05, 0) is 30.7 Å². The van der Waals surface area contributed by atoms with E-state index in [4.69, 9.17) is 4.74 Å². The molecule has 0 bridgehead atoms. The topological polar surface area (TPSA) is 26.3 Å². The molecule has 2 nitrogen and oxygen atoms in total. The van der Waals surface area contributed by atoms with Crippen molar-refractivity contribution in [2.45, 2.75) is 13.3 Å². The summed E-state index contributed by atoms with van der Waals surface area (Å²) in [7, 11) is 0. The quantitative estimate of drug-likeness (QED) is 0.777. The number of ether oxygens (including phenoxy) is 1. The molecule has 0 fully saturated rings. The fourth-order valence-electron chi connectivity index (χ4n) is 1.89. The van der Waals surface area contributed by atoms with Crippen LogP contribution in [0.1, 0.15) is 22.8 Å². The van der Waals surface area contributed by atoms with Gasteiger partial charge in [0, 0.05) is 12.0 Å². The lowest BCUT2D eigenvalue weighted by Gasteiger charge is -2.06. The van der Waals surface area contributed by atoms with Crippen molar-refractivity contribution in [2.75, 3.05) is 6.61 Å². The van der Waals surface area contributed by atoms with Crippen LogP contribution in [0.4, 0.5) is 8.78 Å². The predicted molar refractivity (Wildman–Crippen MR) is 72.0 cm³/mol. The normalized spacial score (nSPS) is 10.3. The van der Waals surface area contributed by atoms with Gasteiger partial charge in [-0.2, -0.15) is 0 Å². The van der Waals surface area contributed by atoms with Crippen LogP contribution in [0, 0.1) is 11.6 Å². The van der Waals surface area contributed by atoms with Gasteiger partial charge < -0.3 is 4.74 Å². The summed E-state index contributed by atoms with van der Waals surface area (Å²) in [6.45, 7) is 2.34. The Hall–Kier alpha value is -2.23. The SMILES string of the molecule is CCOc1cccc(C(=O)Cc2cccc(F)c2F)c1. The number of hydrogen-bond donors (Lipinski definition) is 0. The molecule has 0 heterocycles. The molecule has 2 aromatic rings. The maximum Gasteiger partial charge on any atom is 0.167 e. The minimum Gasteiger partial charge on any atom is -0.494 e. The van der Waals surface area contributed by atoms with Crippen molar-refractivity contribution >= 4 is 5.78 Å². The van der Waals surface area contributed by atoms with Crippen molar-refractivity contribution in [1.29, 1.82) is 0 Å². The van der Waals surface area contributed by atoms with E-state index >= 15 is 0 Å². The molecule has 2 rings (SSSR count). The van der Waals surface area contributed by atoms with Crippen molar-refractivity contribution in [3.8, 4) is 5.75 Å². The number of benzene rings is 2. The highest BCUT2D eigenvalue weighted by atomic mass is 19.2. The lowest BCUT2D eigenvalue weighted by molar-refractivity contribution is 0.0991. The number of halogens is 2. The highest BCUT2D eigenvalue weighted by Gasteiger charge is 2.13. The Bertz CT molecular complexity index is 624. The first kappa shape index (κ1) is 14.2. The van der Waals surface area contributed by atoms with E-state index < -0.39 is 11.6 Å². The molecular weight excluding hydrogens is 262 g/mol. The summed E-state index contributed by atoms with van der Waals surface area (Å²) in [6, 6.07) is 10.5. The summed E-state index contributed by atoms with van der Waals surface area (Å²) in [5, 5.41) is 0. The summed E-state index contributed by atoms with van der Waals surface area (Å²) in [4.78, 5) is 12.1. The van der Waals surface area contributed by atoms with Crippen LogP contribution in [0.5, 0.6) is 5.75 Å². The Morgan fingerprint density at radius 2 is 1.90 bits per heavy atom. The van der Waals surface area contributed by atoms with Crippen LogP contribution in [-0.2, 0) is 6.42 Å². The summed E-state index contributed by atoms with van der Waals surface area (Å²) in [5.41, 5.74) is 0.469. The minimum absolute atomic E-state index is 0.0526. The Balaban J connectivity index is 2.19. The number of hydrogen-bond acceptors (Lipinski definition) is 2. The van der Waals surface area contributed by atoms with E-state index in [1.54, 1.807) is 24.3 Å². The minimum atomic E-state index is -0.971. The Morgan fingerprint density at radius 1 is 1.15 bits per heavy atom. The highest BCUT2D eigenvalue weighted by molar-refractivity contribution is 5.97. The second kappa shape index (κ2) is 6.28. The van der Waals surface area contributed by atoms with Gasteiger partial charge in [0.05, 0.1) is 6.61 Å². The molecule has 0 saturated heterocycles. The van der Waals surface area contributed by atoms with Crippen molar-refractivity contribution in [1.82, 2.24) is 0 Å². The summed E-state index contributed by atoms with van der Waals surface area (Å²) in [6.07, 6.45) is -0.181. The number of carbonyl (C=O) groups excluding carboxylic acids is 1. The molecule has 0 spiro atoms. The van der Waals surface area contributed by atoms with Crippen molar-refractivity contribution in [2.24, 2.45) is 0 Å². The molecule has 0 aliphatic heterocycles. The van der Waals surface area contributed by atoms with E-state index in [2.05, 4.69) is 0 Å². The van der Waals surface area contributed by atoms with Crippen LogP contribution >= 0.6 is 0 Å². The zero-order valence-corrected chi connectivity index (χ0v) is 11.0. The van der Waals surface area contributed by atoms with Crippen LogP contribution in [0.3, 0.4) is 0 Å². The van der Waals surface area contributed by atoms with Crippen molar-refractivity contribution < 1.29 is 18.3 Å². The van der Waals surface area contributed by atoms with E-state index in [0.29, 0.717) is 17.9 Å². The first-order valence-corrected chi connectivity index (χ1v) is 6.30. The van der Waals surface area contributed by atoms with E-state index in [1.807, 2.05) is 6.92 Å². The van der Waals surface area contributed by atoms with Crippen LogP contribution in [0.15, 0.2) is 42.5 Å². The monoisotopic (exact) mass is 276 g/mol. The lowest BCUT2D eigenvalue weighted by atomic mass is 10.0. The molecule has 0 aliphatic rings. The van der Waals surface area contributed by atoms with E-state index in [9.17, 15) is 13.6 Å². The van der Waals surface area contributed by atoms with E-state index in [0.717, 1.165) is 6.07 Å². The third-order valence-electron chi connectivity index (χ3n) is 2.85. The molecule has 0 aromatic heterocycles. The van der Waals surface area contributed by atoms with Crippen LogP contribution in [0.2, 0.25) is 0 Å². The Kier molecular flexibility index (Phi) is 4.45. The molecule has 2 aromatic carbocycles. The van der Waals surface area contributed by atoms with Gasteiger partial charge in [0.2, 0.25) is 0 Å². The summed E-state index contributed by atoms with van der Waals surface area (Å²) < 4.78 is 31.9. The highest BCUT2D eigenvalue weighted by Crippen LogP contribution is 2.17.